The molecule has 0 spiro atoms. The number of nitro benzene ring substituents is 1. The molecule has 18 heavy (non-hydrogen) atoms. The Balaban J connectivity index is 2.30. The van der Waals surface area contributed by atoms with Gasteiger partial charge in [-0.1, -0.05) is 23.2 Å². The van der Waals surface area contributed by atoms with E-state index >= 15 is 0 Å². The van der Waals surface area contributed by atoms with E-state index in [1.54, 1.807) is 0 Å². The van der Waals surface area contributed by atoms with Gasteiger partial charge in [0.1, 0.15) is 0 Å². The molecule has 0 aliphatic rings. The minimum atomic E-state index is -0.545. The zero-order valence-electron chi connectivity index (χ0n) is 8.71. The molecule has 0 amide bonds. The number of aromatic nitrogens is 2. The predicted molar refractivity (Wildman–Crippen MR) is 65.2 cm³/mol. The molecule has 0 N–H and O–H groups in total. The molecular weight excluding hydrogens is 281 g/mol. The summed E-state index contributed by atoms with van der Waals surface area (Å²) in [5, 5.41) is 18.3. The SMILES string of the molecule is O=[N+]([O-])c1ccc(Cl)c(Oc2ccc(Cl)nn2)c1. The van der Waals surface area contributed by atoms with E-state index in [0.717, 1.165) is 0 Å². The average Bonchev–Trinajstić information content (AvgIpc) is 2.34. The van der Waals surface area contributed by atoms with Crippen LogP contribution in [0, 0.1) is 10.1 Å². The van der Waals surface area contributed by atoms with Gasteiger partial charge in [0.05, 0.1) is 16.0 Å². The smallest absolute Gasteiger partial charge is 0.273 e. The summed E-state index contributed by atoms with van der Waals surface area (Å²) in [6, 6.07) is 6.82. The summed E-state index contributed by atoms with van der Waals surface area (Å²) in [5.74, 6) is 0.268. The van der Waals surface area contributed by atoms with Crippen LogP contribution in [-0.4, -0.2) is 15.1 Å². The predicted octanol–water partition coefficient (Wildman–Crippen LogP) is 3.48. The van der Waals surface area contributed by atoms with Gasteiger partial charge in [-0.3, -0.25) is 10.1 Å². The van der Waals surface area contributed by atoms with Crippen LogP contribution in [0.25, 0.3) is 0 Å². The molecule has 0 fully saturated rings. The van der Waals surface area contributed by atoms with Gasteiger partial charge in [-0.05, 0) is 12.1 Å². The Kier molecular flexibility index (Phi) is 3.59. The molecule has 0 saturated carbocycles. The number of hydrogen-bond acceptors (Lipinski definition) is 5. The monoisotopic (exact) mass is 285 g/mol. The van der Waals surface area contributed by atoms with Crippen molar-refractivity contribution < 1.29 is 9.66 Å². The minimum Gasteiger partial charge on any atom is -0.436 e. The first kappa shape index (κ1) is 12.5. The molecule has 1 heterocycles. The lowest BCUT2D eigenvalue weighted by molar-refractivity contribution is -0.384. The van der Waals surface area contributed by atoms with Gasteiger partial charge < -0.3 is 4.74 Å². The average molecular weight is 286 g/mol. The van der Waals surface area contributed by atoms with Crippen LogP contribution in [0.4, 0.5) is 5.69 Å². The lowest BCUT2D eigenvalue weighted by atomic mass is 10.3. The van der Waals surface area contributed by atoms with Gasteiger partial charge >= 0.3 is 0 Å². The molecule has 0 atom stereocenters. The molecule has 2 aromatic rings. The van der Waals surface area contributed by atoms with Crippen LogP contribution in [-0.2, 0) is 0 Å². The Morgan fingerprint density at radius 3 is 2.56 bits per heavy atom. The third-order valence-corrected chi connectivity index (χ3v) is 2.46. The number of rotatable bonds is 3. The molecule has 0 bridgehead atoms. The number of benzene rings is 1. The van der Waals surface area contributed by atoms with E-state index < -0.39 is 4.92 Å². The maximum Gasteiger partial charge on any atom is 0.273 e. The van der Waals surface area contributed by atoms with Crippen molar-refractivity contribution in [3.05, 3.63) is 50.6 Å². The Hall–Kier alpha value is -1.92. The van der Waals surface area contributed by atoms with E-state index in [-0.39, 0.29) is 27.5 Å². The van der Waals surface area contributed by atoms with E-state index in [9.17, 15) is 10.1 Å². The summed E-state index contributed by atoms with van der Waals surface area (Å²) in [5.41, 5.74) is -0.128. The van der Waals surface area contributed by atoms with Crippen molar-refractivity contribution in [1.82, 2.24) is 10.2 Å². The van der Waals surface area contributed by atoms with E-state index in [2.05, 4.69) is 10.2 Å². The highest BCUT2D eigenvalue weighted by Gasteiger charge is 2.12. The second-order valence-corrected chi connectivity index (χ2v) is 3.96. The molecule has 1 aromatic carbocycles. The molecule has 0 saturated heterocycles. The fourth-order valence-electron chi connectivity index (χ4n) is 1.15. The van der Waals surface area contributed by atoms with Crippen LogP contribution in [0.1, 0.15) is 0 Å². The molecule has 92 valence electrons. The molecule has 0 radical (unpaired) electrons. The topological polar surface area (TPSA) is 78.2 Å². The van der Waals surface area contributed by atoms with Gasteiger partial charge in [-0.2, -0.15) is 0 Å². The van der Waals surface area contributed by atoms with Gasteiger partial charge in [0.2, 0.25) is 5.88 Å². The highest BCUT2D eigenvalue weighted by molar-refractivity contribution is 6.32. The Morgan fingerprint density at radius 1 is 1.17 bits per heavy atom. The van der Waals surface area contributed by atoms with E-state index in [4.69, 9.17) is 27.9 Å². The van der Waals surface area contributed by atoms with Crippen LogP contribution in [0.3, 0.4) is 0 Å². The number of non-ortho nitro benzene ring substituents is 1. The third-order valence-electron chi connectivity index (χ3n) is 1.95. The summed E-state index contributed by atoms with van der Waals surface area (Å²) < 4.78 is 5.29. The maximum atomic E-state index is 10.6. The van der Waals surface area contributed by atoms with Gasteiger partial charge in [-0.25, -0.2) is 0 Å². The zero-order chi connectivity index (χ0) is 13.1. The minimum absolute atomic E-state index is 0.127. The first-order valence-corrected chi connectivity index (χ1v) is 5.43. The highest BCUT2D eigenvalue weighted by Crippen LogP contribution is 2.31. The van der Waals surface area contributed by atoms with Crippen LogP contribution < -0.4 is 4.74 Å². The van der Waals surface area contributed by atoms with Crippen molar-refractivity contribution in [1.29, 1.82) is 0 Å². The van der Waals surface area contributed by atoms with Gasteiger partial charge in [-0.15, -0.1) is 10.2 Å². The van der Waals surface area contributed by atoms with E-state index in [0.29, 0.717) is 0 Å². The fourth-order valence-corrected chi connectivity index (χ4v) is 1.41. The van der Waals surface area contributed by atoms with Crippen molar-refractivity contribution in [3.8, 4) is 11.6 Å². The van der Waals surface area contributed by atoms with Crippen molar-refractivity contribution in [3.63, 3.8) is 0 Å². The van der Waals surface area contributed by atoms with Crippen molar-refractivity contribution in [2.24, 2.45) is 0 Å². The Labute approximate surface area is 111 Å². The summed E-state index contributed by atoms with van der Waals surface area (Å²) in [6.07, 6.45) is 0. The first-order chi connectivity index (χ1) is 8.56. The van der Waals surface area contributed by atoms with Gasteiger partial charge in [0.25, 0.3) is 5.69 Å². The van der Waals surface area contributed by atoms with Crippen LogP contribution in [0.15, 0.2) is 30.3 Å². The van der Waals surface area contributed by atoms with E-state index in [1.165, 1.54) is 30.3 Å². The maximum absolute atomic E-state index is 10.6. The normalized spacial score (nSPS) is 10.1. The lowest BCUT2D eigenvalue weighted by Gasteiger charge is -2.05. The van der Waals surface area contributed by atoms with Crippen molar-refractivity contribution >= 4 is 28.9 Å². The zero-order valence-corrected chi connectivity index (χ0v) is 10.2. The first-order valence-electron chi connectivity index (χ1n) is 4.67. The number of hydrogen-bond donors (Lipinski definition) is 0. The molecular formula is C10H5Cl2N3O3. The Morgan fingerprint density at radius 2 is 1.94 bits per heavy atom. The molecule has 0 aliphatic carbocycles. The quantitative estimate of drug-likeness (QED) is 0.637. The van der Waals surface area contributed by atoms with E-state index in [1.807, 2.05) is 0 Å². The highest BCUT2D eigenvalue weighted by atomic mass is 35.5. The molecule has 0 unspecified atom stereocenters. The number of nitro groups is 1. The lowest BCUT2D eigenvalue weighted by Crippen LogP contribution is -1.93. The third kappa shape index (κ3) is 2.85. The fraction of sp³-hybridized carbons (Fsp3) is 0. The van der Waals surface area contributed by atoms with Crippen LogP contribution in [0.5, 0.6) is 11.6 Å². The van der Waals surface area contributed by atoms with Crippen LogP contribution >= 0.6 is 23.2 Å². The molecule has 6 nitrogen and oxygen atoms in total. The molecule has 8 heteroatoms. The number of halogens is 2. The Bertz CT molecular complexity index is 589. The van der Waals surface area contributed by atoms with Gasteiger partial charge in [0, 0.05) is 12.1 Å². The van der Waals surface area contributed by atoms with Gasteiger partial charge in [0.15, 0.2) is 10.9 Å². The standard InChI is InChI=1S/C10H5Cl2N3O3/c11-7-2-1-6(15(16)17)5-8(7)18-10-4-3-9(12)13-14-10/h1-5H. The summed E-state index contributed by atoms with van der Waals surface area (Å²) >= 11 is 11.4. The molecule has 1 aromatic heterocycles. The summed E-state index contributed by atoms with van der Waals surface area (Å²) in [4.78, 5) is 10.1. The largest absolute Gasteiger partial charge is 0.436 e. The number of nitrogens with zero attached hydrogens (tertiary/aromatic N) is 3. The molecule has 2 rings (SSSR count). The summed E-state index contributed by atoms with van der Waals surface area (Å²) in [7, 11) is 0. The summed E-state index contributed by atoms with van der Waals surface area (Å²) in [6.45, 7) is 0. The second kappa shape index (κ2) is 5.16. The second-order valence-electron chi connectivity index (χ2n) is 3.17. The van der Waals surface area contributed by atoms with Crippen molar-refractivity contribution in [2.45, 2.75) is 0 Å². The molecule has 0 aliphatic heterocycles. The van der Waals surface area contributed by atoms with Crippen molar-refractivity contribution in [2.75, 3.05) is 0 Å². The van der Waals surface area contributed by atoms with Crippen LogP contribution in [0.2, 0.25) is 10.2 Å². The number of ether oxygens (including phenoxy) is 1.